The zero-order valence-corrected chi connectivity index (χ0v) is 22.8. The lowest BCUT2D eigenvalue weighted by Crippen LogP contribution is -2.52. The van der Waals surface area contributed by atoms with Crippen molar-refractivity contribution in [2.75, 3.05) is 11.9 Å². The summed E-state index contributed by atoms with van der Waals surface area (Å²) in [6, 6.07) is 9.98. The lowest BCUT2D eigenvalue weighted by atomic mass is 10.0. The number of nitrogens with one attached hydrogen (secondary N) is 3. The van der Waals surface area contributed by atoms with Gasteiger partial charge >= 0.3 is 6.03 Å². The number of aryl methyl sites for hydroxylation is 1. The molecule has 0 aromatic heterocycles. The van der Waals surface area contributed by atoms with E-state index in [0.29, 0.717) is 29.2 Å². The summed E-state index contributed by atoms with van der Waals surface area (Å²) in [6.07, 6.45) is 8.32. The van der Waals surface area contributed by atoms with Crippen molar-refractivity contribution in [2.45, 2.75) is 76.9 Å². The van der Waals surface area contributed by atoms with Gasteiger partial charge in [0.25, 0.3) is 5.91 Å². The summed E-state index contributed by atoms with van der Waals surface area (Å²) < 4.78 is 0. The summed E-state index contributed by atoms with van der Waals surface area (Å²) in [6.45, 7) is 1.31. The first-order chi connectivity index (χ1) is 18.8. The molecule has 2 heterocycles. The Morgan fingerprint density at radius 1 is 1.00 bits per heavy atom. The number of imide groups is 1. The van der Waals surface area contributed by atoms with E-state index in [-0.39, 0.29) is 30.8 Å². The Morgan fingerprint density at radius 3 is 2.54 bits per heavy atom. The Morgan fingerprint density at radius 2 is 1.77 bits per heavy atom. The van der Waals surface area contributed by atoms with Crippen molar-refractivity contribution in [3.8, 4) is 0 Å². The molecule has 0 aliphatic carbocycles. The predicted octanol–water partition coefficient (Wildman–Crippen LogP) is 4.26. The van der Waals surface area contributed by atoms with E-state index in [9.17, 15) is 19.2 Å². The number of carbonyl (C=O) groups is 4. The average Bonchev–Trinajstić information content (AvgIpc) is 3.22. The topological polar surface area (TPSA) is 134 Å². The molecule has 39 heavy (non-hydrogen) atoms. The normalized spacial score (nSPS) is 16.7. The van der Waals surface area contributed by atoms with Gasteiger partial charge in [-0.25, -0.2) is 4.79 Å². The third-order valence-corrected chi connectivity index (χ3v) is 7.39. The number of fused-ring (bicyclic) bond motifs is 1. The molecule has 1 unspecified atom stereocenters. The second-order valence-corrected chi connectivity index (χ2v) is 10.6. The minimum Gasteiger partial charge on any atom is -0.334 e. The van der Waals surface area contributed by atoms with E-state index in [0.717, 1.165) is 48.9 Å². The summed E-state index contributed by atoms with van der Waals surface area (Å²) in [5.74, 6) is -0.973. The number of urea groups is 1. The van der Waals surface area contributed by atoms with E-state index in [1.807, 2.05) is 18.2 Å². The Labute approximate surface area is 233 Å². The maximum atomic E-state index is 12.9. The van der Waals surface area contributed by atoms with Crippen LogP contribution in [0.2, 0.25) is 5.02 Å². The molecule has 0 radical (unpaired) electrons. The van der Waals surface area contributed by atoms with Crippen LogP contribution in [0.3, 0.4) is 0 Å². The summed E-state index contributed by atoms with van der Waals surface area (Å²) in [5.41, 5.74) is 9.43. The van der Waals surface area contributed by atoms with E-state index < -0.39 is 11.9 Å². The Bertz CT molecular complexity index is 1230. The highest BCUT2D eigenvalue weighted by atomic mass is 35.5. The molecule has 0 bridgehead atoms. The average molecular weight is 554 g/mol. The number of hydrogen-bond donors (Lipinski definition) is 4. The third-order valence-electron chi connectivity index (χ3n) is 7.18. The molecule has 4 rings (SSSR count). The van der Waals surface area contributed by atoms with Gasteiger partial charge in [0.05, 0.1) is 0 Å². The zero-order chi connectivity index (χ0) is 27.8. The largest absolute Gasteiger partial charge is 0.334 e. The summed E-state index contributed by atoms with van der Waals surface area (Å²) >= 11 is 6.30. The number of carbonyl (C=O) groups excluding carboxylic acids is 4. The lowest BCUT2D eigenvalue weighted by molar-refractivity contribution is -0.136. The van der Waals surface area contributed by atoms with Crippen molar-refractivity contribution in [3.05, 3.63) is 63.7 Å². The van der Waals surface area contributed by atoms with Gasteiger partial charge in [-0.3, -0.25) is 19.7 Å². The molecule has 9 nitrogen and oxygen atoms in total. The van der Waals surface area contributed by atoms with Crippen LogP contribution in [0.1, 0.15) is 78.4 Å². The van der Waals surface area contributed by atoms with Crippen LogP contribution in [0.4, 0.5) is 10.5 Å². The van der Waals surface area contributed by atoms with Gasteiger partial charge in [-0.1, -0.05) is 49.4 Å². The van der Waals surface area contributed by atoms with Crippen molar-refractivity contribution in [1.82, 2.24) is 15.5 Å². The fourth-order valence-electron chi connectivity index (χ4n) is 5.14. The fourth-order valence-corrected chi connectivity index (χ4v) is 5.40. The number of halogens is 1. The van der Waals surface area contributed by atoms with E-state index >= 15 is 0 Å². The Balaban J connectivity index is 1.26. The molecule has 5 amide bonds. The van der Waals surface area contributed by atoms with E-state index in [2.05, 4.69) is 16.0 Å². The zero-order valence-electron chi connectivity index (χ0n) is 22.1. The standard InChI is InChI=1S/C29H36ClN5O4/c30-22-14-19(7-5-3-1-2-4-6-12-31)15-23(16-22)33-29(39)32-17-20-8-9-24-21(13-20)18-35(28(24)38)25-10-11-26(36)34-27(25)37/h8-9,13-16,25H,1-7,10-12,17-18,31H2,(H2,32,33,39)(H,34,36,37). The van der Waals surface area contributed by atoms with Crippen LogP contribution < -0.4 is 21.7 Å². The van der Waals surface area contributed by atoms with Gasteiger partial charge in [0.15, 0.2) is 0 Å². The van der Waals surface area contributed by atoms with Crippen molar-refractivity contribution in [2.24, 2.45) is 5.73 Å². The van der Waals surface area contributed by atoms with Gasteiger partial charge in [0.1, 0.15) is 6.04 Å². The molecule has 208 valence electrons. The smallest absolute Gasteiger partial charge is 0.319 e. The number of anilines is 1. The number of hydrogen-bond acceptors (Lipinski definition) is 5. The number of benzene rings is 2. The third kappa shape index (κ3) is 7.80. The molecule has 1 atom stereocenters. The summed E-state index contributed by atoms with van der Waals surface area (Å²) in [5, 5.41) is 8.59. The van der Waals surface area contributed by atoms with Gasteiger partial charge in [-0.05, 0) is 73.2 Å². The summed E-state index contributed by atoms with van der Waals surface area (Å²) in [7, 11) is 0. The first kappa shape index (κ1) is 28.6. The van der Waals surface area contributed by atoms with Crippen molar-refractivity contribution in [1.29, 1.82) is 0 Å². The number of nitrogens with two attached hydrogens (primary N) is 1. The van der Waals surface area contributed by atoms with Gasteiger partial charge in [-0.2, -0.15) is 0 Å². The van der Waals surface area contributed by atoms with Crippen LogP contribution >= 0.6 is 11.6 Å². The van der Waals surface area contributed by atoms with Crippen molar-refractivity contribution >= 4 is 41.0 Å². The highest BCUT2D eigenvalue weighted by Crippen LogP contribution is 2.28. The van der Waals surface area contributed by atoms with Crippen LogP contribution in [-0.4, -0.2) is 41.2 Å². The molecular formula is C29H36ClN5O4. The molecule has 2 aromatic rings. The van der Waals surface area contributed by atoms with E-state index in [4.69, 9.17) is 17.3 Å². The molecule has 0 spiro atoms. The highest BCUT2D eigenvalue weighted by Gasteiger charge is 2.39. The highest BCUT2D eigenvalue weighted by molar-refractivity contribution is 6.31. The molecule has 5 N–H and O–H groups in total. The van der Waals surface area contributed by atoms with E-state index in [1.165, 1.54) is 24.2 Å². The molecule has 0 saturated carbocycles. The predicted molar refractivity (Wildman–Crippen MR) is 150 cm³/mol. The molecule has 2 aromatic carbocycles. The SMILES string of the molecule is NCCCCCCCCc1cc(Cl)cc(NC(=O)NCc2ccc3c(c2)CN(C2CCC(=O)NC2=O)C3=O)c1. The number of amides is 5. The van der Waals surface area contributed by atoms with Crippen molar-refractivity contribution in [3.63, 3.8) is 0 Å². The second kappa shape index (κ2) is 13.6. The van der Waals surface area contributed by atoms with Crippen LogP contribution in [0.25, 0.3) is 0 Å². The quantitative estimate of drug-likeness (QED) is 0.230. The van der Waals surface area contributed by atoms with Crippen LogP contribution in [0, 0.1) is 0 Å². The molecule has 1 saturated heterocycles. The van der Waals surface area contributed by atoms with Gasteiger partial charge in [0.2, 0.25) is 11.8 Å². The maximum absolute atomic E-state index is 12.9. The fraction of sp³-hybridized carbons (Fsp3) is 0.448. The number of unbranched alkanes of at least 4 members (excludes halogenated alkanes) is 5. The number of nitrogens with zero attached hydrogens (tertiary/aromatic N) is 1. The first-order valence-corrected chi connectivity index (χ1v) is 14.0. The van der Waals surface area contributed by atoms with Gasteiger partial charge in [-0.15, -0.1) is 0 Å². The molecular weight excluding hydrogens is 518 g/mol. The molecule has 10 heteroatoms. The number of piperidine rings is 1. The minimum atomic E-state index is -0.654. The minimum absolute atomic E-state index is 0.213. The maximum Gasteiger partial charge on any atom is 0.319 e. The summed E-state index contributed by atoms with van der Waals surface area (Å²) in [4.78, 5) is 50.7. The molecule has 2 aliphatic heterocycles. The lowest BCUT2D eigenvalue weighted by Gasteiger charge is -2.29. The number of rotatable bonds is 12. The molecule has 1 fully saturated rings. The van der Waals surface area contributed by atoms with Crippen molar-refractivity contribution < 1.29 is 19.2 Å². The second-order valence-electron chi connectivity index (χ2n) is 10.2. The Kier molecular flexibility index (Phi) is 9.95. The van der Waals surface area contributed by atoms with Gasteiger partial charge < -0.3 is 21.3 Å². The van der Waals surface area contributed by atoms with Gasteiger partial charge in [0, 0.05) is 35.8 Å². The van der Waals surface area contributed by atoms with Crippen LogP contribution in [-0.2, 0) is 29.1 Å². The van der Waals surface area contributed by atoms with E-state index in [1.54, 1.807) is 18.2 Å². The van der Waals surface area contributed by atoms with Crippen LogP contribution in [0.5, 0.6) is 0 Å². The molecule has 2 aliphatic rings. The van der Waals surface area contributed by atoms with Crippen LogP contribution in [0.15, 0.2) is 36.4 Å². The Hall–Kier alpha value is -3.43. The first-order valence-electron chi connectivity index (χ1n) is 13.6. The monoisotopic (exact) mass is 553 g/mol.